The Morgan fingerprint density at radius 2 is 2.00 bits per heavy atom. The normalized spacial score (nSPS) is 17.6. The Morgan fingerprint density at radius 3 is 2.76 bits per heavy atom. The first kappa shape index (κ1) is 17.5. The van der Waals surface area contributed by atoms with Gasteiger partial charge < -0.3 is 10.2 Å². The van der Waals surface area contributed by atoms with Crippen molar-refractivity contribution in [3.8, 4) is 0 Å². The van der Waals surface area contributed by atoms with Crippen molar-refractivity contribution >= 4 is 11.7 Å². The highest BCUT2D eigenvalue weighted by Crippen LogP contribution is 2.35. The van der Waals surface area contributed by atoms with Crippen molar-refractivity contribution in [1.82, 2.24) is 9.88 Å². The fourth-order valence-electron chi connectivity index (χ4n) is 3.38. The zero-order chi connectivity index (χ0) is 17.6. The summed E-state index contributed by atoms with van der Waals surface area (Å²) in [6.45, 7) is 6.04. The van der Waals surface area contributed by atoms with E-state index in [-0.39, 0.29) is 11.9 Å². The SMILES string of the molecule is CC(C)CNc1ncccc1C1CCCCN1C(=O)c1ccccc1. The first-order valence-corrected chi connectivity index (χ1v) is 9.21. The molecule has 1 aliphatic rings. The number of nitrogens with one attached hydrogen (secondary N) is 1. The van der Waals surface area contributed by atoms with Gasteiger partial charge in [-0.2, -0.15) is 0 Å². The molecule has 1 saturated heterocycles. The number of hydrogen-bond donors (Lipinski definition) is 1. The molecule has 0 aliphatic carbocycles. The highest BCUT2D eigenvalue weighted by Gasteiger charge is 2.30. The minimum absolute atomic E-state index is 0.0878. The number of benzene rings is 1. The molecule has 4 nitrogen and oxygen atoms in total. The van der Waals surface area contributed by atoms with Gasteiger partial charge in [0.05, 0.1) is 6.04 Å². The first-order chi connectivity index (χ1) is 12.2. The summed E-state index contributed by atoms with van der Waals surface area (Å²) in [6.07, 6.45) is 5.00. The van der Waals surface area contributed by atoms with E-state index in [0.29, 0.717) is 5.92 Å². The molecule has 1 aromatic carbocycles. The van der Waals surface area contributed by atoms with E-state index in [1.54, 1.807) is 0 Å². The lowest BCUT2D eigenvalue weighted by Gasteiger charge is -2.37. The number of piperidine rings is 1. The second-order valence-corrected chi connectivity index (χ2v) is 7.09. The number of likely N-dealkylation sites (tertiary alicyclic amines) is 1. The number of anilines is 1. The summed E-state index contributed by atoms with van der Waals surface area (Å²) in [4.78, 5) is 19.6. The van der Waals surface area contributed by atoms with Crippen LogP contribution in [0.4, 0.5) is 5.82 Å². The molecule has 1 aliphatic heterocycles. The smallest absolute Gasteiger partial charge is 0.254 e. The van der Waals surface area contributed by atoms with Crippen LogP contribution in [0.3, 0.4) is 0 Å². The maximum atomic E-state index is 13.0. The highest BCUT2D eigenvalue weighted by atomic mass is 16.2. The van der Waals surface area contributed by atoms with Crippen LogP contribution in [0.2, 0.25) is 0 Å². The number of carbonyl (C=O) groups excluding carboxylic acids is 1. The van der Waals surface area contributed by atoms with E-state index in [1.165, 1.54) is 0 Å². The van der Waals surface area contributed by atoms with Gasteiger partial charge in [-0.3, -0.25) is 4.79 Å². The molecule has 1 unspecified atom stereocenters. The van der Waals surface area contributed by atoms with Gasteiger partial charge >= 0.3 is 0 Å². The van der Waals surface area contributed by atoms with Crippen LogP contribution in [0.25, 0.3) is 0 Å². The molecular formula is C21H27N3O. The van der Waals surface area contributed by atoms with Gasteiger partial charge in [0.25, 0.3) is 5.91 Å². The standard InChI is InChI=1S/C21H27N3O/c1-16(2)15-23-20-18(11-8-13-22-20)19-12-6-7-14-24(19)21(25)17-9-4-3-5-10-17/h3-5,8-11,13,16,19H,6-7,12,14-15H2,1-2H3,(H,22,23). The van der Waals surface area contributed by atoms with Crippen molar-refractivity contribution in [1.29, 1.82) is 0 Å². The van der Waals surface area contributed by atoms with E-state index in [9.17, 15) is 4.79 Å². The Morgan fingerprint density at radius 1 is 1.20 bits per heavy atom. The molecular weight excluding hydrogens is 310 g/mol. The molecule has 25 heavy (non-hydrogen) atoms. The monoisotopic (exact) mass is 337 g/mol. The van der Waals surface area contributed by atoms with E-state index < -0.39 is 0 Å². The molecule has 4 heteroatoms. The van der Waals surface area contributed by atoms with Crippen LogP contribution in [0, 0.1) is 5.92 Å². The number of pyridine rings is 1. The van der Waals surface area contributed by atoms with Crippen LogP contribution in [0.15, 0.2) is 48.7 Å². The topological polar surface area (TPSA) is 45.2 Å². The van der Waals surface area contributed by atoms with Gasteiger partial charge in [-0.15, -0.1) is 0 Å². The van der Waals surface area contributed by atoms with Gasteiger partial charge in [-0.05, 0) is 43.4 Å². The Labute approximate surface area is 150 Å². The minimum atomic E-state index is 0.0878. The van der Waals surface area contributed by atoms with Crippen molar-refractivity contribution in [3.63, 3.8) is 0 Å². The second-order valence-electron chi connectivity index (χ2n) is 7.09. The maximum Gasteiger partial charge on any atom is 0.254 e. The van der Waals surface area contributed by atoms with Crippen LogP contribution in [-0.4, -0.2) is 28.9 Å². The largest absolute Gasteiger partial charge is 0.370 e. The Kier molecular flexibility index (Phi) is 5.69. The number of hydrogen-bond acceptors (Lipinski definition) is 3. The van der Waals surface area contributed by atoms with E-state index >= 15 is 0 Å². The van der Waals surface area contributed by atoms with Gasteiger partial charge in [0.1, 0.15) is 5.82 Å². The van der Waals surface area contributed by atoms with E-state index in [1.807, 2.05) is 47.5 Å². The summed E-state index contributed by atoms with van der Waals surface area (Å²) < 4.78 is 0. The quantitative estimate of drug-likeness (QED) is 0.872. The Balaban J connectivity index is 1.88. The average molecular weight is 337 g/mol. The lowest BCUT2D eigenvalue weighted by molar-refractivity contribution is 0.0612. The summed E-state index contributed by atoms with van der Waals surface area (Å²) in [5.41, 5.74) is 1.89. The zero-order valence-corrected chi connectivity index (χ0v) is 15.1. The van der Waals surface area contributed by atoms with Crippen LogP contribution in [0.1, 0.15) is 55.1 Å². The molecule has 1 aromatic heterocycles. The van der Waals surface area contributed by atoms with Crippen LogP contribution >= 0.6 is 0 Å². The third kappa shape index (κ3) is 4.19. The maximum absolute atomic E-state index is 13.0. The van der Waals surface area contributed by atoms with E-state index in [0.717, 1.165) is 49.3 Å². The van der Waals surface area contributed by atoms with Crippen molar-refractivity contribution in [3.05, 3.63) is 59.8 Å². The third-order valence-corrected chi connectivity index (χ3v) is 4.66. The molecule has 3 rings (SSSR count). The molecule has 1 fully saturated rings. The average Bonchev–Trinajstić information content (AvgIpc) is 2.67. The lowest BCUT2D eigenvalue weighted by Crippen LogP contribution is -2.39. The summed E-state index contributed by atoms with van der Waals surface area (Å²) in [7, 11) is 0. The highest BCUT2D eigenvalue weighted by molar-refractivity contribution is 5.94. The molecule has 2 aromatic rings. The number of aromatic nitrogens is 1. The third-order valence-electron chi connectivity index (χ3n) is 4.66. The number of rotatable bonds is 5. The number of amides is 1. The number of nitrogens with zero attached hydrogens (tertiary/aromatic N) is 2. The molecule has 0 radical (unpaired) electrons. The van der Waals surface area contributed by atoms with Gasteiger partial charge in [0.2, 0.25) is 0 Å². The molecule has 1 amide bonds. The molecule has 0 bridgehead atoms. The predicted octanol–water partition coefficient (Wildman–Crippen LogP) is 4.52. The second kappa shape index (κ2) is 8.15. The van der Waals surface area contributed by atoms with Crippen LogP contribution in [-0.2, 0) is 0 Å². The van der Waals surface area contributed by atoms with Crippen molar-refractivity contribution < 1.29 is 4.79 Å². The van der Waals surface area contributed by atoms with Crippen LogP contribution < -0.4 is 5.32 Å². The minimum Gasteiger partial charge on any atom is -0.370 e. The van der Waals surface area contributed by atoms with Crippen molar-refractivity contribution in [2.75, 3.05) is 18.4 Å². The van der Waals surface area contributed by atoms with Gasteiger partial charge in [-0.1, -0.05) is 38.1 Å². The first-order valence-electron chi connectivity index (χ1n) is 9.21. The summed E-state index contributed by atoms with van der Waals surface area (Å²) in [6, 6.07) is 13.7. The molecule has 0 saturated carbocycles. The fraction of sp³-hybridized carbons (Fsp3) is 0.429. The van der Waals surface area contributed by atoms with E-state index in [2.05, 4.69) is 30.2 Å². The molecule has 1 atom stereocenters. The summed E-state index contributed by atoms with van der Waals surface area (Å²) in [5.74, 6) is 1.57. The van der Waals surface area contributed by atoms with Gasteiger partial charge in [-0.25, -0.2) is 4.98 Å². The van der Waals surface area contributed by atoms with Crippen molar-refractivity contribution in [2.45, 2.75) is 39.2 Å². The fourth-order valence-corrected chi connectivity index (χ4v) is 3.38. The predicted molar refractivity (Wildman–Crippen MR) is 102 cm³/mol. The number of carbonyl (C=O) groups is 1. The van der Waals surface area contributed by atoms with Crippen LogP contribution in [0.5, 0.6) is 0 Å². The van der Waals surface area contributed by atoms with Crippen molar-refractivity contribution in [2.24, 2.45) is 5.92 Å². The van der Waals surface area contributed by atoms with Gasteiger partial charge in [0.15, 0.2) is 0 Å². The summed E-state index contributed by atoms with van der Waals surface area (Å²) in [5, 5.41) is 3.46. The molecule has 132 valence electrons. The molecule has 2 heterocycles. The molecule has 0 spiro atoms. The Hall–Kier alpha value is -2.36. The van der Waals surface area contributed by atoms with E-state index in [4.69, 9.17) is 0 Å². The molecule has 1 N–H and O–H groups in total. The lowest BCUT2D eigenvalue weighted by atomic mass is 9.94. The Bertz CT molecular complexity index is 699. The summed E-state index contributed by atoms with van der Waals surface area (Å²) >= 11 is 0. The van der Waals surface area contributed by atoms with Gasteiger partial charge in [0, 0.05) is 30.4 Å². The zero-order valence-electron chi connectivity index (χ0n) is 15.1.